The molecule has 2 heterocycles. The van der Waals surface area contributed by atoms with Crippen molar-refractivity contribution >= 4 is 5.69 Å². The summed E-state index contributed by atoms with van der Waals surface area (Å²) in [4.78, 5) is 0. The third-order valence-corrected chi connectivity index (χ3v) is 3.13. The van der Waals surface area contributed by atoms with E-state index in [1.165, 1.54) is 22.4 Å². The van der Waals surface area contributed by atoms with Gasteiger partial charge in [-0.25, -0.2) is 0 Å². The minimum absolute atomic E-state index is 0.893. The molecule has 96 valence electrons. The number of hydrogen-bond acceptors (Lipinski definition) is 3. The van der Waals surface area contributed by atoms with E-state index >= 15 is 0 Å². The molecule has 3 nitrogen and oxygen atoms in total. The summed E-state index contributed by atoms with van der Waals surface area (Å²) >= 11 is 0. The molecule has 0 unspecified atom stereocenters. The summed E-state index contributed by atoms with van der Waals surface area (Å²) < 4.78 is 5.37. The maximum absolute atomic E-state index is 5.37. The van der Waals surface area contributed by atoms with Crippen LogP contribution in [0.3, 0.4) is 0 Å². The van der Waals surface area contributed by atoms with Gasteiger partial charge < -0.3 is 9.84 Å². The quantitative estimate of drug-likeness (QED) is 0.762. The summed E-state index contributed by atoms with van der Waals surface area (Å²) in [6, 6.07) is 6.33. The normalized spacial score (nSPS) is 12.4. The Morgan fingerprint density at radius 3 is 2.78 bits per heavy atom. The summed E-state index contributed by atoms with van der Waals surface area (Å²) in [5.74, 6) is 0.995. The van der Waals surface area contributed by atoms with Gasteiger partial charge in [-0.3, -0.25) is 0 Å². The van der Waals surface area contributed by atoms with Gasteiger partial charge in [0.15, 0.2) is 0 Å². The van der Waals surface area contributed by atoms with Crippen LogP contribution in [0.2, 0.25) is 0 Å². The molecule has 0 atom stereocenters. The van der Waals surface area contributed by atoms with E-state index in [2.05, 4.69) is 35.6 Å². The Morgan fingerprint density at radius 2 is 2.00 bits per heavy atom. The summed E-state index contributed by atoms with van der Waals surface area (Å²) in [6.07, 6.45) is 0.893. The number of rotatable bonds is 0. The van der Waals surface area contributed by atoms with Crippen molar-refractivity contribution in [2.24, 2.45) is 0 Å². The van der Waals surface area contributed by atoms with Crippen LogP contribution >= 0.6 is 0 Å². The number of aryl methyl sites for hydroxylation is 2. The largest absolute Gasteiger partial charge is 0.384 e. The topological polar surface area (TPSA) is 38.1 Å². The lowest BCUT2D eigenvalue weighted by Gasteiger charge is -2.10. The first-order valence-corrected chi connectivity index (χ1v) is 6.56. The fraction of sp³-hybridized carbons (Fsp3) is 0.400. The number of hydrogen-bond donors (Lipinski definition) is 1. The molecule has 3 heteroatoms. The Balaban J connectivity index is 0.000000574. The Bertz CT molecular complexity index is 543. The zero-order valence-electron chi connectivity index (χ0n) is 11.5. The fourth-order valence-corrected chi connectivity index (χ4v) is 2.34. The van der Waals surface area contributed by atoms with E-state index in [1.54, 1.807) is 0 Å². The molecule has 18 heavy (non-hydrogen) atoms. The van der Waals surface area contributed by atoms with Crippen molar-refractivity contribution in [2.75, 3.05) is 11.9 Å². The van der Waals surface area contributed by atoms with Crippen LogP contribution < -0.4 is 5.32 Å². The Morgan fingerprint density at radius 1 is 1.22 bits per heavy atom. The van der Waals surface area contributed by atoms with Crippen molar-refractivity contribution < 1.29 is 4.52 Å². The van der Waals surface area contributed by atoms with E-state index in [0.29, 0.717) is 0 Å². The fourth-order valence-electron chi connectivity index (χ4n) is 2.34. The van der Waals surface area contributed by atoms with E-state index in [9.17, 15) is 0 Å². The lowest BCUT2D eigenvalue weighted by molar-refractivity contribution is 0.382. The molecule has 0 radical (unpaired) electrons. The predicted molar refractivity (Wildman–Crippen MR) is 75.0 cm³/mol. The summed E-state index contributed by atoms with van der Waals surface area (Å²) in [7, 11) is 0. The zero-order valence-corrected chi connectivity index (χ0v) is 11.5. The van der Waals surface area contributed by atoms with Gasteiger partial charge in [-0.1, -0.05) is 37.2 Å². The van der Waals surface area contributed by atoms with E-state index < -0.39 is 0 Å². The highest BCUT2D eigenvalue weighted by atomic mass is 16.5. The highest BCUT2D eigenvalue weighted by Gasteiger charge is 2.21. The highest BCUT2D eigenvalue weighted by Crippen LogP contribution is 2.37. The molecule has 3 rings (SSSR count). The number of benzene rings is 1. The lowest BCUT2D eigenvalue weighted by atomic mass is 9.99. The van der Waals surface area contributed by atoms with Crippen LogP contribution in [0.1, 0.15) is 30.9 Å². The molecule has 0 saturated heterocycles. The Hall–Kier alpha value is -1.77. The second kappa shape index (κ2) is 5.25. The molecule has 2 aromatic rings. The Kier molecular flexibility index (Phi) is 3.70. The van der Waals surface area contributed by atoms with Gasteiger partial charge >= 0.3 is 0 Å². The SMILES string of the molecule is CC.Cc1cccc2c1NCCc1onc(C)c1-2. The van der Waals surface area contributed by atoms with Gasteiger partial charge in [0.1, 0.15) is 5.76 Å². The van der Waals surface area contributed by atoms with Gasteiger partial charge in [0, 0.05) is 29.8 Å². The third-order valence-electron chi connectivity index (χ3n) is 3.13. The van der Waals surface area contributed by atoms with Crippen molar-refractivity contribution in [1.29, 1.82) is 0 Å². The molecule has 0 aliphatic carbocycles. The first-order chi connectivity index (χ1) is 8.77. The van der Waals surface area contributed by atoms with Crippen LogP contribution in [0.15, 0.2) is 22.7 Å². The molecule has 0 fully saturated rings. The first kappa shape index (κ1) is 12.7. The lowest BCUT2D eigenvalue weighted by Crippen LogP contribution is -2.03. The van der Waals surface area contributed by atoms with Crippen molar-refractivity contribution in [3.8, 4) is 11.1 Å². The van der Waals surface area contributed by atoms with Gasteiger partial charge in [0.25, 0.3) is 0 Å². The Labute approximate surface area is 108 Å². The van der Waals surface area contributed by atoms with Crippen molar-refractivity contribution in [3.63, 3.8) is 0 Å². The third kappa shape index (κ3) is 2.01. The van der Waals surface area contributed by atoms with Gasteiger partial charge in [0.2, 0.25) is 0 Å². The smallest absolute Gasteiger partial charge is 0.146 e. The van der Waals surface area contributed by atoms with E-state index in [4.69, 9.17) is 4.52 Å². The molecule has 1 aliphatic heterocycles. The molecule has 0 saturated carbocycles. The first-order valence-electron chi connectivity index (χ1n) is 6.56. The molecular formula is C15H20N2O. The molecule has 1 aliphatic rings. The van der Waals surface area contributed by atoms with Gasteiger partial charge in [-0.05, 0) is 19.4 Å². The van der Waals surface area contributed by atoms with Crippen LogP contribution in [0.25, 0.3) is 11.1 Å². The number of nitrogens with zero attached hydrogens (tertiary/aromatic N) is 1. The predicted octanol–water partition coefficient (Wildman–Crippen LogP) is 3.95. The summed E-state index contributed by atoms with van der Waals surface area (Å²) in [5, 5.41) is 7.53. The maximum Gasteiger partial charge on any atom is 0.146 e. The van der Waals surface area contributed by atoms with Gasteiger partial charge in [-0.15, -0.1) is 0 Å². The molecule has 1 N–H and O–H groups in total. The highest BCUT2D eigenvalue weighted by molar-refractivity contribution is 5.83. The van der Waals surface area contributed by atoms with Crippen LogP contribution in [-0.4, -0.2) is 11.7 Å². The second-order valence-corrected chi connectivity index (χ2v) is 4.24. The molecule has 1 aromatic carbocycles. The monoisotopic (exact) mass is 244 g/mol. The van der Waals surface area contributed by atoms with Crippen molar-refractivity contribution in [3.05, 3.63) is 35.2 Å². The van der Waals surface area contributed by atoms with Gasteiger partial charge in [0.05, 0.1) is 5.69 Å². The second-order valence-electron chi connectivity index (χ2n) is 4.24. The molecule has 0 spiro atoms. The maximum atomic E-state index is 5.37. The number of fused-ring (bicyclic) bond motifs is 3. The van der Waals surface area contributed by atoms with Crippen LogP contribution in [0.5, 0.6) is 0 Å². The zero-order chi connectivity index (χ0) is 13.1. The standard InChI is InChI=1S/C13H14N2O.C2H6/c1-8-4-3-5-10-12-9(2)15-16-11(12)6-7-14-13(8)10;1-2/h3-5,14H,6-7H2,1-2H3;1-2H3. The van der Waals surface area contributed by atoms with Crippen LogP contribution in [0.4, 0.5) is 5.69 Å². The van der Waals surface area contributed by atoms with E-state index in [-0.39, 0.29) is 0 Å². The van der Waals surface area contributed by atoms with Gasteiger partial charge in [-0.2, -0.15) is 0 Å². The average molecular weight is 244 g/mol. The summed E-state index contributed by atoms with van der Waals surface area (Å²) in [5.41, 5.74) is 5.85. The van der Waals surface area contributed by atoms with Crippen LogP contribution in [-0.2, 0) is 6.42 Å². The molecule has 0 amide bonds. The molecular weight excluding hydrogens is 224 g/mol. The van der Waals surface area contributed by atoms with E-state index in [1.807, 2.05) is 20.8 Å². The average Bonchev–Trinajstić information content (AvgIpc) is 2.65. The van der Waals surface area contributed by atoms with Crippen molar-refractivity contribution in [1.82, 2.24) is 5.16 Å². The van der Waals surface area contributed by atoms with Crippen molar-refractivity contribution in [2.45, 2.75) is 34.1 Å². The minimum Gasteiger partial charge on any atom is -0.384 e. The number of anilines is 1. The minimum atomic E-state index is 0.893. The molecule has 0 bridgehead atoms. The van der Waals surface area contributed by atoms with E-state index in [0.717, 1.165) is 24.4 Å². The number of nitrogens with one attached hydrogen (secondary N) is 1. The number of para-hydroxylation sites is 1. The summed E-state index contributed by atoms with van der Waals surface area (Å²) in [6.45, 7) is 9.03. The van der Waals surface area contributed by atoms with Crippen LogP contribution in [0, 0.1) is 13.8 Å². The molecule has 1 aromatic heterocycles. The number of aromatic nitrogens is 1.